The van der Waals surface area contributed by atoms with Crippen LogP contribution >= 0.6 is 0 Å². The Morgan fingerprint density at radius 3 is 1.03 bits per heavy atom. The molecule has 0 saturated heterocycles. The van der Waals surface area contributed by atoms with E-state index in [2.05, 4.69) is 34.8 Å². The highest BCUT2D eigenvalue weighted by Crippen LogP contribution is 2.45. The van der Waals surface area contributed by atoms with Crippen molar-refractivity contribution in [3.63, 3.8) is 0 Å². The minimum Gasteiger partial charge on any atom is -0.327 e. The number of imidazole rings is 5. The van der Waals surface area contributed by atoms with E-state index >= 15 is 0 Å². The van der Waals surface area contributed by atoms with Crippen LogP contribution < -0.4 is 4.90 Å². The van der Waals surface area contributed by atoms with Gasteiger partial charge in [0.2, 0.25) is 0 Å². The third-order valence-corrected chi connectivity index (χ3v) is 6.14. The summed E-state index contributed by atoms with van der Waals surface area (Å²) in [7, 11) is 0. The zero-order chi connectivity index (χ0) is 23.9. The zero-order valence-corrected chi connectivity index (χ0v) is 19.0. The first-order chi connectivity index (χ1) is 17.9. The predicted molar refractivity (Wildman–Crippen MR) is 133 cm³/mol. The monoisotopic (exact) mass is 476 g/mol. The van der Waals surface area contributed by atoms with Crippen LogP contribution in [0, 0.1) is 0 Å². The molecule has 0 radical (unpaired) electrons. The van der Waals surface area contributed by atoms with Crippen LogP contribution in [0.15, 0.2) is 98.6 Å². The van der Waals surface area contributed by atoms with Gasteiger partial charge in [-0.2, -0.15) is 0 Å². The van der Waals surface area contributed by atoms with Gasteiger partial charge in [0.05, 0.1) is 78.6 Å². The van der Waals surface area contributed by atoms with Gasteiger partial charge in [0.1, 0.15) is 0 Å². The Hall–Kier alpha value is -5.26. The summed E-state index contributed by atoms with van der Waals surface area (Å²) in [6.45, 7) is 1.44. The van der Waals surface area contributed by atoms with E-state index in [1.54, 1.807) is 62.6 Å². The number of benzene rings is 1. The molecule has 0 atom stereocenters. The van der Waals surface area contributed by atoms with Crippen LogP contribution in [0.3, 0.4) is 0 Å². The first-order valence-corrected chi connectivity index (χ1v) is 11.3. The second-order valence-electron chi connectivity index (χ2n) is 8.16. The molecule has 12 nitrogen and oxygen atoms in total. The molecule has 12 heteroatoms. The van der Waals surface area contributed by atoms with Gasteiger partial charge in [-0.1, -0.05) is 0 Å². The summed E-state index contributed by atoms with van der Waals surface area (Å²) in [4.78, 5) is 28.6. The fraction of sp³-hybridized carbons (Fsp3) is 0.0833. The average Bonchev–Trinajstić information content (AvgIpc) is 3.78. The molecule has 1 aliphatic heterocycles. The number of hydrogen-bond acceptors (Lipinski definition) is 7. The molecule has 0 saturated carbocycles. The molecule has 0 fully saturated rings. The highest BCUT2D eigenvalue weighted by Gasteiger charge is 2.32. The molecule has 176 valence electrons. The maximum Gasteiger partial charge on any atom is 0.0994 e. The van der Waals surface area contributed by atoms with Crippen molar-refractivity contribution in [2.75, 3.05) is 18.0 Å². The van der Waals surface area contributed by atoms with E-state index in [0.717, 1.165) is 40.7 Å². The van der Waals surface area contributed by atoms with Crippen molar-refractivity contribution < 1.29 is 0 Å². The van der Waals surface area contributed by atoms with Crippen LogP contribution in [0.1, 0.15) is 0 Å². The summed E-state index contributed by atoms with van der Waals surface area (Å²) in [5.41, 5.74) is 5.45. The summed E-state index contributed by atoms with van der Waals surface area (Å²) < 4.78 is 10.1. The molecule has 5 aromatic heterocycles. The van der Waals surface area contributed by atoms with Gasteiger partial charge in [0, 0.05) is 68.5 Å². The molecule has 36 heavy (non-hydrogen) atoms. The molecule has 1 aliphatic rings. The van der Waals surface area contributed by atoms with Crippen molar-refractivity contribution >= 4 is 12.0 Å². The molecule has 1 aromatic carbocycles. The van der Waals surface area contributed by atoms with Gasteiger partial charge in [-0.15, -0.1) is 0 Å². The Morgan fingerprint density at radius 2 is 0.778 bits per heavy atom. The van der Waals surface area contributed by atoms with Crippen LogP contribution in [0.4, 0.5) is 5.69 Å². The Kier molecular flexibility index (Phi) is 4.59. The van der Waals surface area contributed by atoms with E-state index in [1.807, 2.05) is 60.2 Å². The van der Waals surface area contributed by atoms with Crippen molar-refractivity contribution in [1.82, 2.24) is 47.8 Å². The van der Waals surface area contributed by atoms with Crippen LogP contribution in [-0.4, -0.2) is 67.2 Å². The number of aromatic nitrogens is 10. The molecule has 0 aliphatic carbocycles. The quantitative estimate of drug-likeness (QED) is 0.366. The number of nitrogens with zero attached hydrogens (tertiary/aromatic N) is 12. The Morgan fingerprint density at radius 1 is 0.444 bits per heavy atom. The molecule has 0 unspecified atom stereocenters. The van der Waals surface area contributed by atoms with Crippen LogP contribution in [0.2, 0.25) is 0 Å². The molecule has 0 spiro atoms. The van der Waals surface area contributed by atoms with Crippen molar-refractivity contribution in [2.24, 2.45) is 4.99 Å². The van der Waals surface area contributed by atoms with Crippen LogP contribution in [0.25, 0.3) is 28.4 Å². The SMILES string of the molecule is C1=NCCN1c1c(-n2ccnc2)c(-n2ccnc2)c(-n2ccnc2)c(-n2ccnc2)c1-n1ccnc1. The van der Waals surface area contributed by atoms with Crippen molar-refractivity contribution in [2.45, 2.75) is 0 Å². The van der Waals surface area contributed by atoms with E-state index < -0.39 is 0 Å². The highest BCUT2D eigenvalue weighted by atomic mass is 15.3. The molecule has 0 bridgehead atoms. The second-order valence-corrected chi connectivity index (χ2v) is 8.16. The van der Waals surface area contributed by atoms with Gasteiger partial charge in [0.15, 0.2) is 0 Å². The van der Waals surface area contributed by atoms with Crippen molar-refractivity contribution in [1.29, 1.82) is 0 Å². The van der Waals surface area contributed by atoms with Gasteiger partial charge in [-0.3, -0.25) is 4.99 Å². The Balaban J connectivity index is 1.76. The van der Waals surface area contributed by atoms with Crippen LogP contribution in [0.5, 0.6) is 0 Å². The van der Waals surface area contributed by atoms with E-state index in [0.29, 0.717) is 6.54 Å². The van der Waals surface area contributed by atoms with E-state index in [1.165, 1.54) is 0 Å². The van der Waals surface area contributed by atoms with Crippen molar-refractivity contribution in [3.8, 4) is 28.4 Å². The molecular weight excluding hydrogens is 456 g/mol. The lowest BCUT2D eigenvalue weighted by molar-refractivity contribution is 0.892. The normalized spacial score (nSPS) is 13.2. The third-order valence-electron chi connectivity index (χ3n) is 6.14. The molecule has 0 N–H and O–H groups in total. The first kappa shape index (κ1) is 20.1. The lowest BCUT2D eigenvalue weighted by Gasteiger charge is -2.30. The Bertz CT molecular complexity index is 1510. The second kappa shape index (κ2) is 8.20. The fourth-order valence-electron chi connectivity index (χ4n) is 4.67. The number of rotatable bonds is 6. The summed E-state index contributed by atoms with van der Waals surface area (Å²) in [5.74, 6) is 0. The average molecular weight is 477 g/mol. The standard InChI is InChI=1S/C24H20N12/c1-7-31(13-25-1)19-20(32-8-2-26-14-32)22(34-10-4-28-16-34)24(36-12-6-30-18-36)23(35-11-5-29-17-35)21(19)33-9-3-27-15-33/h1-5,7-11,13-18H,6,12H2. The van der Waals surface area contributed by atoms with Gasteiger partial charge in [0.25, 0.3) is 0 Å². The zero-order valence-electron chi connectivity index (χ0n) is 19.0. The molecule has 6 aromatic rings. The van der Waals surface area contributed by atoms with Crippen molar-refractivity contribution in [3.05, 3.63) is 93.6 Å². The summed E-state index contributed by atoms with van der Waals surface area (Å²) in [5, 5.41) is 0. The van der Waals surface area contributed by atoms with Gasteiger partial charge >= 0.3 is 0 Å². The summed E-state index contributed by atoms with van der Waals surface area (Å²) >= 11 is 0. The minimum atomic E-state index is 0.705. The van der Waals surface area contributed by atoms with E-state index in [9.17, 15) is 0 Å². The maximum absolute atomic E-state index is 4.54. The fourth-order valence-corrected chi connectivity index (χ4v) is 4.67. The first-order valence-electron chi connectivity index (χ1n) is 11.3. The summed E-state index contributed by atoms with van der Waals surface area (Å²) in [6.07, 6.45) is 29.4. The van der Waals surface area contributed by atoms with Gasteiger partial charge in [-0.25, -0.2) is 24.9 Å². The van der Waals surface area contributed by atoms with Crippen LogP contribution in [-0.2, 0) is 0 Å². The molecule has 0 amide bonds. The van der Waals surface area contributed by atoms with Gasteiger partial charge < -0.3 is 27.7 Å². The largest absolute Gasteiger partial charge is 0.327 e. The van der Waals surface area contributed by atoms with E-state index in [4.69, 9.17) is 0 Å². The topological polar surface area (TPSA) is 105 Å². The number of anilines is 1. The highest BCUT2D eigenvalue weighted by molar-refractivity contribution is 5.98. The lowest BCUT2D eigenvalue weighted by Crippen LogP contribution is -2.25. The van der Waals surface area contributed by atoms with E-state index in [-0.39, 0.29) is 0 Å². The number of aliphatic imine (C=N–C) groups is 1. The predicted octanol–water partition coefficient (Wildman–Crippen LogP) is 2.46. The lowest BCUT2D eigenvalue weighted by atomic mass is 10.1. The number of hydrogen-bond donors (Lipinski definition) is 0. The third kappa shape index (κ3) is 3.08. The molecule has 6 heterocycles. The minimum absolute atomic E-state index is 0.705. The smallest absolute Gasteiger partial charge is 0.0994 e. The Labute approximate surface area is 205 Å². The molecular formula is C24H20N12. The summed E-state index contributed by atoms with van der Waals surface area (Å²) in [6, 6.07) is 0. The van der Waals surface area contributed by atoms with Gasteiger partial charge in [-0.05, 0) is 0 Å². The molecule has 7 rings (SSSR count). The maximum atomic E-state index is 4.54.